The maximum Gasteiger partial charge on any atom is 0.300 e. The Balaban J connectivity index is 1.97. The van der Waals surface area contributed by atoms with Crippen molar-refractivity contribution < 1.29 is 33.6 Å². The van der Waals surface area contributed by atoms with Crippen molar-refractivity contribution in [3.05, 3.63) is 82.4 Å². The molecule has 1 aliphatic heterocycles. The summed E-state index contributed by atoms with van der Waals surface area (Å²) in [6.45, 7) is 2.21. The van der Waals surface area contributed by atoms with Crippen molar-refractivity contribution in [2.75, 3.05) is 32.8 Å². The van der Waals surface area contributed by atoms with Crippen molar-refractivity contribution in [3.63, 3.8) is 0 Å². The number of benzene rings is 3. The van der Waals surface area contributed by atoms with Crippen LogP contribution in [0.2, 0.25) is 5.02 Å². The number of anilines is 1. The van der Waals surface area contributed by atoms with E-state index in [2.05, 4.69) is 0 Å². The van der Waals surface area contributed by atoms with Crippen molar-refractivity contribution in [1.29, 1.82) is 0 Å². The molecule has 37 heavy (non-hydrogen) atoms. The summed E-state index contributed by atoms with van der Waals surface area (Å²) in [4.78, 5) is 28.1. The molecular weight excluding hydrogens is 498 g/mol. The van der Waals surface area contributed by atoms with Gasteiger partial charge >= 0.3 is 0 Å². The van der Waals surface area contributed by atoms with Gasteiger partial charge < -0.3 is 24.1 Å². The van der Waals surface area contributed by atoms with Gasteiger partial charge in [-0.1, -0.05) is 23.7 Å². The molecule has 4 rings (SSSR count). The molecule has 0 aromatic heterocycles. The molecule has 1 aliphatic rings. The van der Waals surface area contributed by atoms with Crippen LogP contribution in [0.4, 0.5) is 5.69 Å². The highest BCUT2D eigenvalue weighted by Crippen LogP contribution is 2.45. The molecule has 0 bridgehead atoms. The van der Waals surface area contributed by atoms with Crippen molar-refractivity contribution in [1.82, 2.24) is 0 Å². The summed E-state index contributed by atoms with van der Waals surface area (Å²) in [5.74, 6) is -0.269. The minimum Gasteiger partial charge on any atom is -0.507 e. The van der Waals surface area contributed by atoms with Crippen LogP contribution in [0.3, 0.4) is 0 Å². The molecule has 0 radical (unpaired) electrons. The van der Waals surface area contributed by atoms with Gasteiger partial charge in [-0.15, -0.1) is 0 Å². The van der Waals surface area contributed by atoms with Crippen molar-refractivity contribution >= 4 is 34.7 Å². The number of carbonyl (C=O) groups excluding carboxylic acids is 2. The molecule has 0 aliphatic carbocycles. The molecule has 1 heterocycles. The third-order valence-electron chi connectivity index (χ3n) is 5.99. The molecule has 0 spiro atoms. The minimum atomic E-state index is -0.975. The summed E-state index contributed by atoms with van der Waals surface area (Å²) in [7, 11) is 4.48. The topological polar surface area (TPSA) is 94.5 Å². The number of nitrogens with zero attached hydrogens (tertiary/aromatic N) is 1. The molecular formula is C28H26ClNO7. The second-order valence-corrected chi connectivity index (χ2v) is 8.50. The number of hydrogen-bond acceptors (Lipinski definition) is 7. The number of aliphatic hydroxyl groups is 1. The number of aliphatic hydroxyl groups excluding tert-OH is 1. The first-order chi connectivity index (χ1) is 17.8. The number of ketones is 1. The fraction of sp³-hybridized carbons (Fsp3) is 0.214. The Morgan fingerprint density at radius 3 is 2.22 bits per heavy atom. The molecule has 1 amide bonds. The zero-order valence-electron chi connectivity index (χ0n) is 20.8. The van der Waals surface area contributed by atoms with Gasteiger partial charge in [0, 0.05) is 16.3 Å². The number of hydrogen-bond donors (Lipinski definition) is 1. The van der Waals surface area contributed by atoms with Crippen LogP contribution in [0.25, 0.3) is 5.76 Å². The first-order valence-corrected chi connectivity index (χ1v) is 11.8. The zero-order valence-corrected chi connectivity index (χ0v) is 21.5. The van der Waals surface area contributed by atoms with Gasteiger partial charge in [0.2, 0.25) is 0 Å². The van der Waals surface area contributed by atoms with Gasteiger partial charge in [-0.05, 0) is 61.0 Å². The molecule has 1 fully saturated rings. The third-order valence-corrected chi connectivity index (χ3v) is 6.23. The van der Waals surface area contributed by atoms with Gasteiger partial charge in [0.25, 0.3) is 11.7 Å². The van der Waals surface area contributed by atoms with Crippen LogP contribution in [-0.4, -0.2) is 44.7 Å². The van der Waals surface area contributed by atoms with E-state index in [1.165, 1.54) is 32.3 Å². The lowest BCUT2D eigenvalue weighted by atomic mass is 9.94. The Hall–Kier alpha value is -4.17. The van der Waals surface area contributed by atoms with E-state index in [9.17, 15) is 14.7 Å². The number of methoxy groups -OCH3 is 3. The van der Waals surface area contributed by atoms with Crippen LogP contribution < -0.4 is 23.8 Å². The van der Waals surface area contributed by atoms with Crippen LogP contribution in [0.15, 0.2) is 66.2 Å². The predicted octanol–water partition coefficient (Wildman–Crippen LogP) is 5.39. The van der Waals surface area contributed by atoms with E-state index < -0.39 is 17.7 Å². The highest BCUT2D eigenvalue weighted by atomic mass is 35.5. The summed E-state index contributed by atoms with van der Waals surface area (Å²) in [5, 5.41) is 11.8. The van der Waals surface area contributed by atoms with E-state index in [0.29, 0.717) is 45.9 Å². The Kier molecular flexibility index (Phi) is 7.59. The van der Waals surface area contributed by atoms with Gasteiger partial charge in [-0.2, -0.15) is 0 Å². The Bertz CT molecular complexity index is 1380. The van der Waals surface area contributed by atoms with E-state index in [4.69, 9.17) is 30.5 Å². The van der Waals surface area contributed by atoms with Crippen LogP contribution in [0.1, 0.15) is 24.1 Å². The monoisotopic (exact) mass is 523 g/mol. The van der Waals surface area contributed by atoms with E-state index >= 15 is 0 Å². The number of carbonyl (C=O) groups is 2. The molecule has 8 nitrogen and oxygen atoms in total. The van der Waals surface area contributed by atoms with Gasteiger partial charge in [-0.3, -0.25) is 14.5 Å². The van der Waals surface area contributed by atoms with E-state index in [0.717, 1.165) is 0 Å². The maximum absolute atomic E-state index is 13.4. The van der Waals surface area contributed by atoms with Crippen LogP contribution in [0, 0.1) is 0 Å². The Morgan fingerprint density at radius 2 is 1.57 bits per heavy atom. The quantitative estimate of drug-likeness (QED) is 0.240. The molecule has 1 atom stereocenters. The van der Waals surface area contributed by atoms with Gasteiger partial charge in [0.1, 0.15) is 5.76 Å². The largest absolute Gasteiger partial charge is 0.507 e. The summed E-state index contributed by atoms with van der Waals surface area (Å²) < 4.78 is 21.8. The summed E-state index contributed by atoms with van der Waals surface area (Å²) in [6.07, 6.45) is 0. The first kappa shape index (κ1) is 25.9. The van der Waals surface area contributed by atoms with Gasteiger partial charge in [0.05, 0.1) is 39.6 Å². The molecule has 1 saturated heterocycles. The van der Waals surface area contributed by atoms with Crippen molar-refractivity contribution in [2.24, 2.45) is 0 Å². The first-order valence-electron chi connectivity index (χ1n) is 11.4. The fourth-order valence-corrected chi connectivity index (χ4v) is 4.50. The van der Waals surface area contributed by atoms with Crippen LogP contribution in [-0.2, 0) is 9.59 Å². The van der Waals surface area contributed by atoms with E-state index in [1.807, 2.05) is 6.92 Å². The number of halogens is 1. The Morgan fingerprint density at radius 1 is 0.892 bits per heavy atom. The lowest BCUT2D eigenvalue weighted by Crippen LogP contribution is -2.29. The summed E-state index contributed by atoms with van der Waals surface area (Å²) in [5.41, 5.74) is 1.13. The van der Waals surface area contributed by atoms with Crippen molar-refractivity contribution in [3.8, 4) is 23.0 Å². The molecule has 1 N–H and O–H groups in total. The number of Topliss-reactive ketones (excluding diaryl/α,β-unsaturated/α-hetero) is 1. The van der Waals surface area contributed by atoms with E-state index in [1.54, 1.807) is 54.6 Å². The van der Waals surface area contributed by atoms with Gasteiger partial charge in [0.15, 0.2) is 23.0 Å². The molecule has 9 heteroatoms. The normalized spacial score (nSPS) is 16.6. The fourth-order valence-electron chi connectivity index (χ4n) is 4.31. The third kappa shape index (κ3) is 4.80. The molecule has 1 unspecified atom stereocenters. The highest BCUT2D eigenvalue weighted by molar-refractivity contribution is 6.51. The number of ether oxygens (including phenoxy) is 4. The molecule has 192 valence electrons. The van der Waals surface area contributed by atoms with Crippen molar-refractivity contribution in [2.45, 2.75) is 13.0 Å². The zero-order chi connectivity index (χ0) is 26.7. The number of rotatable bonds is 8. The standard InChI is InChI=1S/C28H26ClNO7/c1-5-37-23-13-16(9-11-21(23)35-3)25-24(26(31)17-10-12-20(34-2)22(14-17)36-4)27(32)28(33)30(25)19-8-6-7-18(29)15-19/h6-15,25,31H,5H2,1-4H3/b26-24-. The molecule has 0 saturated carbocycles. The highest BCUT2D eigenvalue weighted by Gasteiger charge is 2.47. The SMILES string of the molecule is CCOc1cc(C2/C(=C(/O)c3ccc(OC)c(OC)c3)C(=O)C(=O)N2c2cccc(Cl)c2)ccc1OC. The van der Waals surface area contributed by atoms with Crippen LogP contribution in [0.5, 0.6) is 23.0 Å². The molecule has 3 aromatic carbocycles. The van der Waals surface area contributed by atoms with Crippen LogP contribution >= 0.6 is 11.6 Å². The summed E-state index contributed by atoms with van der Waals surface area (Å²) in [6, 6.07) is 15.5. The molecule has 3 aromatic rings. The lowest BCUT2D eigenvalue weighted by Gasteiger charge is -2.26. The minimum absolute atomic E-state index is 0.0928. The smallest absolute Gasteiger partial charge is 0.300 e. The average Bonchev–Trinajstić information content (AvgIpc) is 3.18. The second-order valence-electron chi connectivity index (χ2n) is 8.06. The Labute approximate surface area is 219 Å². The summed E-state index contributed by atoms with van der Waals surface area (Å²) >= 11 is 6.22. The number of amides is 1. The average molecular weight is 524 g/mol. The van der Waals surface area contributed by atoms with Gasteiger partial charge in [-0.25, -0.2) is 0 Å². The van der Waals surface area contributed by atoms with E-state index in [-0.39, 0.29) is 16.9 Å². The lowest BCUT2D eigenvalue weighted by molar-refractivity contribution is -0.132. The predicted molar refractivity (Wildman–Crippen MR) is 140 cm³/mol. The maximum atomic E-state index is 13.4. The second kappa shape index (κ2) is 10.8.